The highest BCUT2D eigenvalue weighted by Crippen LogP contribution is 2.29. The fraction of sp³-hybridized carbons (Fsp3) is 0.467. The van der Waals surface area contributed by atoms with Crippen molar-refractivity contribution in [2.45, 2.75) is 12.3 Å². The highest BCUT2D eigenvalue weighted by atomic mass is 19.4. The number of nitrogens with zero attached hydrogens (tertiary/aromatic N) is 3. The molecular formula is C15H16F3N3O3. The van der Waals surface area contributed by atoms with Crippen LogP contribution in [0.15, 0.2) is 18.2 Å². The predicted molar refractivity (Wildman–Crippen MR) is 80.1 cm³/mol. The highest BCUT2D eigenvalue weighted by molar-refractivity contribution is 5.94. The summed E-state index contributed by atoms with van der Waals surface area (Å²) in [5.74, 6) is -0.0859. The van der Waals surface area contributed by atoms with E-state index in [1.54, 1.807) is 34.7 Å². The smallest absolute Gasteiger partial charge is 0.416 e. The summed E-state index contributed by atoms with van der Waals surface area (Å²) in [5.41, 5.74) is 1.57. The second kappa shape index (κ2) is 5.97. The molecular weight excluding hydrogens is 327 g/mol. The van der Waals surface area contributed by atoms with Crippen LogP contribution in [0.1, 0.15) is 10.4 Å². The van der Waals surface area contributed by atoms with E-state index in [9.17, 15) is 18.0 Å². The molecule has 2 heterocycles. The van der Waals surface area contributed by atoms with Crippen molar-refractivity contribution in [2.75, 3.05) is 31.7 Å². The quantitative estimate of drug-likeness (QED) is 0.782. The Morgan fingerprint density at radius 1 is 1.42 bits per heavy atom. The summed E-state index contributed by atoms with van der Waals surface area (Å²) < 4.78 is 49.8. The van der Waals surface area contributed by atoms with Crippen LogP contribution in [0.4, 0.5) is 19.1 Å². The van der Waals surface area contributed by atoms with Gasteiger partial charge in [0.05, 0.1) is 36.9 Å². The number of alkyl halides is 3. The summed E-state index contributed by atoms with van der Waals surface area (Å²) in [5, 5.41) is 0. The molecule has 2 aromatic rings. The van der Waals surface area contributed by atoms with Gasteiger partial charge >= 0.3 is 12.1 Å². The molecule has 0 amide bonds. The Labute approximate surface area is 135 Å². The molecule has 0 radical (unpaired) electrons. The minimum Gasteiger partial charge on any atom is -0.465 e. The van der Waals surface area contributed by atoms with Crippen LogP contribution >= 0.6 is 0 Å². The minimum absolute atomic E-state index is 0.0270. The molecule has 1 aromatic heterocycles. The van der Waals surface area contributed by atoms with Crippen molar-refractivity contribution in [1.82, 2.24) is 9.55 Å². The van der Waals surface area contributed by atoms with Gasteiger partial charge in [0, 0.05) is 13.6 Å². The number of halogens is 3. The van der Waals surface area contributed by atoms with Gasteiger partial charge in [-0.1, -0.05) is 0 Å². The molecule has 0 saturated carbocycles. The Balaban J connectivity index is 1.94. The fourth-order valence-corrected chi connectivity index (χ4v) is 2.74. The fourth-order valence-electron chi connectivity index (χ4n) is 2.74. The SMILES string of the molecule is COC(=O)c1ccc2c(c1)nc(N1CCO[C@H](C(F)(F)F)C1)n2C. The normalized spacial score (nSPS) is 18.9. The van der Waals surface area contributed by atoms with Crippen molar-refractivity contribution >= 4 is 23.0 Å². The number of anilines is 1. The van der Waals surface area contributed by atoms with Crippen LogP contribution in [-0.2, 0) is 16.5 Å². The number of fused-ring (bicyclic) bond motifs is 1. The third-order valence-corrected chi connectivity index (χ3v) is 3.99. The van der Waals surface area contributed by atoms with Crippen LogP contribution in [0.5, 0.6) is 0 Å². The van der Waals surface area contributed by atoms with Crippen molar-refractivity contribution < 1.29 is 27.4 Å². The van der Waals surface area contributed by atoms with E-state index in [2.05, 4.69) is 9.72 Å². The first-order valence-electron chi connectivity index (χ1n) is 7.29. The number of benzene rings is 1. The molecule has 6 nitrogen and oxygen atoms in total. The number of aromatic nitrogens is 2. The van der Waals surface area contributed by atoms with Gasteiger partial charge in [0.2, 0.25) is 5.95 Å². The summed E-state index contributed by atoms with van der Waals surface area (Å²) in [6.45, 7) is -0.0289. The Kier molecular flexibility index (Phi) is 4.12. The minimum atomic E-state index is -4.42. The molecule has 24 heavy (non-hydrogen) atoms. The maximum absolute atomic E-state index is 12.9. The number of imidazole rings is 1. The van der Waals surface area contributed by atoms with E-state index in [1.807, 2.05) is 0 Å². The number of carbonyl (C=O) groups is 1. The van der Waals surface area contributed by atoms with Gasteiger partial charge in [0.25, 0.3) is 0 Å². The van der Waals surface area contributed by atoms with Crippen LogP contribution in [0, 0.1) is 0 Å². The van der Waals surface area contributed by atoms with E-state index in [0.29, 0.717) is 29.1 Å². The third-order valence-electron chi connectivity index (χ3n) is 3.99. The summed E-state index contributed by atoms with van der Waals surface area (Å²) in [6, 6.07) is 4.85. The van der Waals surface area contributed by atoms with Crippen molar-refractivity contribution in [3.05, 3.63) is 23.8 Å². The molecule has 1 saturated heterocycles. The second-order valence-electron chi connectivity index (χ2n) is 5.51. The first-order chi connectivity index (χ1) is 11.3. The molecule has 3 rings (SSSR count). The van der Waals surface area contributed by atoms with E-state index >= 15 is 0 Å². The number of morpholine rings is 1. The molecule has 130 valence electrons. The predicted octanol–water partition coefficient (Wildman–Crippen LogP) is 2.13. The number of carbonyl (C=O) groups excluding carboxylic acids is 1. The molecule has 0 aliphatic carbocycles. The third kappa shape index (κ3) is 2.91. The lowest BCUT2D eigenvalue weighted by Crippen LogP contribution is -2.49. The second-order valence-corrected chi connectivity index (χ2v) is 5.51. The Morgan fingerprint density at radius 2 is 2.17 bits per heavy atom. The lowest BCUT2D eigenvalue weighted by Gasteiger charge is -2.34. The van der Waals surface area contributed by atoms with Gasteiger partial charge < -0.3 is 18.9 Å². The molecule has 9 heteroatoms. The Morgan fingerprint density at radius 3 is 2.83 bits per heavy atom. The molecule has 0 spiro atoms. The van der Waals surface area contributed by atoms with Crippen molar-refractivity contribution in [2.24, 2.45) is 7.05 Å². The Hall–Kier alpha value is -2.29. The molecule has 0 bridgehead atoms. The van der Waals surface area contributed by atoms with Crippen LogP contribution in [0.25, 0.3) is 11.0 Å². The lowest BCUT2D eigenvalue weighted by atomic mass is 10.2. The van der Waals surface area contributed by atoms with Crippen LogP contribution in [0.2, 0.25) is 0 Å². The van der Waals surface area contributed by atoms with Crippen molar-refractivity contribution in [3.8, 4) is 0 Å². The number of methoxy groups -OCH3 is 1. The van der Waals surface area contributed by atoms with Crippen molar-refractivity contribution in [1.29, 1.82) is 0 Å². The monoisotopic (exact) mass is 343 g/mol. The van der Waals surface area contributed by atoms with E-state index in [4.69, 9.17) is 4.74 Å². The summed E-state index contributed by atoms with van der Waals surface area (Å²) in [6.07, 6.45) is -6.25. The topological polar surface area (TPSA) is 56.6 Å². The molecule has 1 fully saturated rings. The van der Waals surface area contributed by atoms with E-state index in [-0.39, 0.29) is 13.2 Å². The maximum atomic E-state index is 12.9. The lowest BCUT2D eigenvalue weighted by molar-refractivity contribution is -0.221. The molecule has 1 aliphatic heterocycles. The van der Waals surface area contributed by atoms with E-state index in [0.717, 1.165) is 0 Å². The molecule has 1 aliphatic rings. The zero-order chi connectivity index (χ0) is 17.5. The van der Waals surface area contributed by atoms with Gasteiger partial charge in [-0.2, -0.15) is 13.2 Å². The van der Waals surface area contributed by atoms with Crippen LogP contribution in [-0.4, -0.2) is 54.6 Å². The van der Waals surface area contributed by atoms with Gasteiger partial charge in [-0.05, 0) is 18.2 Å². The number of hydrogen-bond acceptors (Lipinski definition) is 5. The summed E-state index contributed by atoms with van der Waals surface area (Å²) >= 11 is 0. The summed E-state index contributed by atoms with van der Waals surface area (Å²) in [4.78, 5) is 17.5. The van der Waals surface area contributed by atoms with Crippen molar-refractivity contribution in [3.63, 3.8) is 0 Å². The molecule has 1 atom stereocenters. The average Bonchev–Trinajstić information content (AvgIpc) is 2.90. The number of aryl methyl sites for hydroxylation is 1. The standard InChI is InChI=1S/C15H16F3N3O3/c1-20-11-4-3-9(13(22)23-2)7-10(11)19-14(20)21-5-6-24-12(8-21)15(16,17)18/h3-4,7,12H,5-6,8H2,1-2H3/t12-/m0/s1. The first-order valence-corrected chi connectivity index (χ1v) is 7.29. The van der Waals surface area contributed by atoms with Crippen LogP contribution < -0.4 is 4.90 Å². The maximum Gasteiger partial charge on any atom is 0.416 e. The Bertz CT molecular complexity index is 772. The first kappa shape index (κ1) is 16.6. The molecule has 0 unspecified atom stereocenters. The number of ether oxygens (including phenoxy) is 2. The molecule has 0 N–H and O–H groups in total. The largest absolute Gasteiger partial charge is 0.465 e. The average molecular weight is 343 g/mol. The van der Waals surface area contributed by atoms with Gasteiger partial charge in [-0.3, -0.25) is 0 Å². The summed E-state index contributed by atoms with van der Waals surface area (Å²) in [7, 11) is 3.00. The zero-order valence-electron chi connectivity index (χ0n) is 13.1. The number of hydrogen-bond donors (Lipinski definition) is 0. The number of rotatable bonds is 2. The molecule has 1 aromatic carbocycles. The van der Waals surface area contributed by atoms with Gasteiger partial charge in [-0.25, -0.2) is 9.78 Å². The van der Waals surface area contributed by atoms with Crippen LogP contribution in [0.3, 0.4) is 0 Å². The van der Waals surface area contributed by atoms with Gasteiger partial charge in [-0.15, -0.1) is 0 Å². The van der Waals surface area contributed by atoms with E-state index in [1.165, 1.54) is 7.11 Å². The van der Waals surface area contributed by atoms with Gasteiger partial charge in [0.1, 0.15) is 0 Å². The highest BCUT2D eigenvalue weighted by Gasteiger charge is 2.44. The van der Waals surface area contributed by atoms with E-state index < -0.39 is 18.2 Å². The van der Waals surface area contributed by atoms with Gasteiger partial charge in [0.15, 0.2) is 6.10 Å². The zero-order valence-corrected chi connectivity index (χ0v) is 13.1. The number of esters is 1.